The fourth-order valence-corrected chi connectivity index (χ4v) is 2.47. The highest BCUT2D eigenvalue weighted by Gasteiger charge is 2.11. The van der Waals surface area contributed by atoms with Gasteiger partial charge in [0.05, 0.1) is 18.8 Å². The molecule has 0 aliphatic rings. The molecule has 3 aromatic rings. The molecule has 0 fully saturated rings. The molecule has 0 saturated heterocycles. The van der Waals surface area contributed by atoms with Crippen molar-refractivity contribution >= 4 is 0 Å². The summed E-state index contributed by atoms with van der Waals surface area (Å²) in [6.45, 7) is 7.53. The van der Waals surface area contributed by atoms with Gasteiger partial charge in [-0.1, -0.05) is 18.2 Å². The van der Waals surface area contributed by atoms with Crippen molar-refractivity contribution in [2.24, 2.45) is 0 Å². The van der Waals surface area contributed by atoms with Crippen LogP contribution in [-0.4, -0.2) is 26.0 Å². The number of nitrogens with one attached hydrogen (secondary N) is 1. The maximum atomic E-state index is 5.69. The van der Waals surface area contributed by atoms with Gasteiger partial charge in [0.25, 0.3) is 0 Å². The Hall–Kier alpha value is -2.47. The second-order valence-corrected chi connectivity index (χ2v) is 5.76. The quantitative estimate of drug-likeness (QED) is 0.758. The van der Waals surface area contributed by atoms with Gasteiger partial charge in [0.2, 0.25) is 11.8 Å². The zero-order valence-electron chi connectivity index (χ0n) is 13.7. The van der Waals surface area contributed by atoms with Crippen molar-refractivity contribution in [2.45, 2.75) is 39.9 Å². The third kappa shape index (κ3) is 3.84. The van der Waals surface area contributed by atoms with Gasteiger partial charge in [-0.2, -0.15) is 5.10 Å². The van der Waals surface area contributed by atoms with Crippen LogP contribution in [0.1, 0.15) is 24.2 Å². The minimum atomic E-state index is 0.250. The zero-order valence-corrected chi connectivity index (χ0v) is 13.7. The Balaban J connectivity index is 1.56. The van der Waals surface area contributed by atoms with Crippen LogP contribution < -0.4 is 5.32 Å². The van der Waals surface area contributed by atoms with Crippen molar-refractivity contribution in [3.05, 3.63) is 53.7 Å². The van der Waals surface area contributed by atoms with E-state index in [0.29, 0.717) is 18.3 Å². The van der Waals surface area contributed by atoms with Crippen LogP contribution in [0.15, 0.2) is 40.8 Å². The molecule has 0 radical (unpaired) electrons. The number of hydrogen-bond donors (Lipinski definition) is 1. The first-order chi connectivity index (χ1) is 11.1. The van der Waals surface area contributed by atoms with E-state index in [9.17, 15) is 0 Å². The normalized spacial score (nSPS) is 12.5. The molecule has 3 rings (SSSR count). The molecule has 1 aromatic carbocycles. The molecule has 2 heterocycles. The SMILES string of the molecule is Cc1cc(C)n(CC(C)NCc2nnc(-c3ccccc3)o2)n1. The lowest BCUT2D eigenvalue weighted by Crippen LogP contribution is -2.30. The number of nitrogens with zero attached hydrogens (tertiary/aromatic N) is 4. The van der Waals surface area contributed by atoms with E-state index < -0.39 is 0 Å². The maximum absolute atomic E-state index is 5.69. The topological polar surface area (TPSA) is 68.8 Å². The minimum Gasteiger partial charge on any atom is -0.419 e. The van der Waals surface area contributed by atoms with Crippen molar-refractivity contribution < 1.29 is 4.42 Å². The predicted octanol–water partition coefficient (Wildman–Crippen LogP) is 2.73. The monoisotopic (exact) mass is 311 g/mol. The van der Waals surface area contributed by atoms with E-state index in [1.807, 2.05) is 41.9 Å². The standard InChI is InChI=1S/C17H21N5O/c1-12-9-14(3)22(21-12)11-13(2)18-10-16-19-20-17(23-16)15-7-5-4-6-8-15/h4-9,13,18H,10-11H2,1-3H3. The van der Waals surface area contributed by atoms with Gasteiger partial charge in [0, 0.05) is 17.3 Å². The molecule has 6 nitrogen and oxygen atoms in total. The van der Waals surface area contributed by atoms with Crippen LogP contribution in [-0.2, 0) is 13.1 Å². The van der Waals surface area contributed by atoms with Crippen molar-refractivity contribution in [2.75, 3.05) is 0 Å². The van der Waals surface area contributed by atoms with Gasteiger partial charge < -0.3 is 9.73 Å². The molecule has 0 aliphatic heterocycles. The van der Waals surface area contributed by atoms with Crippen molar-refractivity contribution in [1.29, 1.82) is 0 Å². The van der Waals surface area contributed by atoms with Gasteiger partial charge in [-0.15, -0.1) is 10.2 Å². The van der Waals surface area contributed by atoms with Crippen molar-refractivity contribution in [1.82, 2.24) is 25.3 Å². The highest BCUT2D eigenvalue weighted by molar-refractivity contribution is 5.51. The van der Waals surface area contributed by atoms with E-state index in [1.54, 1.807) is 0 Å². The van der Waals surface area contributed by atoms with E-state index in [0.717, 1.165) is 17.8 Å². The molecule has 6 heteroatoms. The van der Waals surface area contributed by atoms with Crippen LogP contribution in [0.3, 0.4) is 0 Å². The Kier molecular flexibility index (Phi) is 4.52. The van der Waals surface area contributed by atoms with E-state index in [1.165, 1.54) is 5.69 Å². The lowest BCUT2D eigenvalue weighted by molar-refractivity contribution is 0.407. The van der Waals surface area contributed by atoms with Crippen molar-refractivity contribution in [3.8, 4) is 11.5 Å². The number of aryl methyl sites for hydroxylation is 2. The van der Waals surface area contributed by atoms with Crippen LogP contribution in [0.25, 0.3) is 11.5 Å². The molecule has 0 amide bonds. The Morgan fingerprint density at radius 1 is 1.17 bits per heavy atom. The minimum absolute atomic E-state index is 0.250. The Morgan fingerprint density at radius 2 is 1.96 bits per heavy atom. The fraction of sp³-hybridized carbons (Fsp3) is 0.353. The number of rotatable bonds is 6. The highest BCUT2D eigenvalue weighted by Crippen LogP contribution is 2.16. The number of benzene rings is 1. The van der Waals surface area contributed by atoms with E-state index in [2.05, 4.69) is 40.5 Å². The fourth-order valence-electron chi connectivity index (χ4n) is 2.47. The first-order valence-corrected chi connectivity index (χ1v) is 7.74. The summed E-state index contributed by atoms with van der Waals surface area (Å²) in [5.74, 6) is 1.14. The van der Waals surface area contributed by atoms with E-state index >= 15 is 0 Å². The lowest BCUT2D eigenvalue weighted by Gasteiger charge is -2.13. The summed E-state index contributed by atoms with van der Waals surface area (Å²) >= 11 is 0. The molecule has 0 bridgehead atoms. The molecular weight excluding hydrogens is 290 g/mol. The van der Waals surface area contributed by atoms with Crippen molar-refractivity contribution in [3.63, 3.8) is 0 Å². The molecule has 1 unspecified atom stereocenters. The van der Waals surface area contributed by atoms with Crippen LogP contribution in [0.5, 0.6) is 0 Å². The van der Waals surface area contributed by atoms with Gasteiger partial charge >= 0.3 is 0 Å². The Morgan fingerprint density at radius 3 is 2.65 bits per heavy atom. The Bertz CT molecular complexity index is 762. The summed E-state index contributed by atoms with van der Waals surface area (Å²) in [6, 6.07) is 12.1. The molecule has 1 N–H and O–H groups in total. The van der Waals surface area contributed by atoms with Crippen LogP contribution in [0.4, 0.5) is 0 Å². The predicted molar refractivity (Wildman–Crippen MR) is 87.7 cm³/mol. The number of hydrogen-bond acceptors (Lipinski definition) is 5. The van der Waals surface area contributed by atoms with Gasteiger partial charge in [-0.25, -0.2) is 0 Å². The van der Waals surface area contributed by atoms with Crippen LogP contribution in [0.2, 0.25) is 0 Å². The Labute approximate surface area is 135 Å². The molecule has 1 atom stereocenters. The summed E-state index contributed by atoms with van der Waals surface area (Å²) in [5, 5.41) is 16.0. The second kappa shape index (κ2) is 6.75. The summed E-state index contributed by atoms with van der Waals surface area (Å²) in [6.07, 6.45) is 0. The average molecular weight is 311 g/mol. The van der Waals surface area contributed by atoms with E-state index in [-0.39, 0.29) is 6.04 Å². The zero-order chi connectivity index (χ0) is 16.2. The second-order valence-electron chi connectivity index (χ2n) is 5.76. The maximum Gasteiger partial charge on any atom is 0.247 e. The third-order valence-electron chi connectivity index (χ3n) is 3.64. The lowest BCUT2D eigenvalue weighted by atomic mass is 10.2. The molecule has 0 spiro atoms. The van der Waals surface area contributed by atoms with Gasteiger partial charge in [0.1, 0.15) is 0 Å². The van der Waals surface area contributed by atoms with Gasteiger partial charge in [0.15, 0.2) is 0 Å². The molecule has 120 valence electrons. The molecule has 2 aromatic heterocycles. The van der Waals surface area contributed by atoms with Crippen LogP contribution in [0, 0.1) is 13.8 Å². The average Bonchev–Trinajstić information content (AvgIpc) is 3.13. The van der Waals surface area contributed by atoms with Crippen LogP contribution >= 0.6 is 0 Å². The van der Waals surface area contributed by atoms with Gasteiger partial charge in [-0.3, -0.25) is 4.68 Å². The summed E-state index contributed by atoms with van der Waals surface area (Å²) in [5.41, 5.74) is 3.14. The van der Waals surface area contributed by atoms with E-state index in [4.69, 9.17) is 4.42 Å². The first-order valence-electron chi connectivity index (χ1n) is 7.74. The number of aromatic nitrogens is 4. The molecule has 0 aliphatic carbocycles. The summed E-state index contributed by atoms with van der Waals surface area (Å²) < 4.78 is 7.70. The smallest absolute Gasteiger partial charge is 0.247 e. The first kappa shape index (κ1) is 15.4. The third-order valence-corrected chi connectivity index (χ3v) is 3.64. The highest BCUT2D eigenvalue weighted by atomic mass is 16.4. The summed E-state index contributed by atoms with van der Waals surface area (Å²) in [7, 11) is 0. The largest absolute Gasteiger partial charge is 0.419 e. The molecular formula is C17H21N5O. The summed E-state index contributed by atoms with van der Waals surface area (Å²) in [4.78, 5) is 0. The molecule has 23 heavy (non-hydrogen) atoms. The van der Waals surface area contributed by atoms with Gasteiger partial charge in [-0.05, 0) is 39.0 Å². The molecule has 0 saturated carbocycles.